The highest BCUT2D eigenvalue weighted by Crippen LogP contribution is 2.42. The number of aryl methyl sites for hydroxylation is 1. The molecule has 2 aliphatic rings. The summed E-state index contributed by atoms with van der Waals surface area (Å²) in [5, 5.41) is 6.98. The Bertz CT molecular complexity index is 783. The molecule has 1 aromatic heterocycles. The number of carbonyl (C=O) groups excluding carboxylic acids is 1. The average molecular weight is 307 g/mol. The lowest BCUT2D eigenvalue weighted by molar-refractivity contribution is 0.249. The summed E-state index contributed by atoms with van der Waals surface area (Å²) in [7, 11) is 0. The second-order valence-electron chi connectivity index (χ2n) is 6.70. The Hall–Kier alpha value is -2.36. The molecule has 1 fully saturated rings. The van der Waals surface area contributed by atoms with E-state index in [1.807, 2.05) is 31.2 Å². The third kappa shape index (κ3) is 2.69. The predicted molar refractivity (Wildman–Crippen MR) is 92.3 cm³/mol. The number of carbonyl (C=O) groups is 1. The maximum atomic E-state index is 12.2. The van der Waals surface area contributed by atoms with Crippen molar-refractivity contribution >= 4 is 22.6 Å². The molecular formula is C19H21N3O. The van der Waals surface area contributed by atoms with E-state index in [4.69, 9.17) is 0 Å². The Morgan fingerprint density at radius 2 is 2.17 bits per heavy atom. The van der Waals surface area contributed by atoms with Crippen LogP contribution in [0.5, 0.6) is 0 Å². The first kappa shape index (κ1) is 14.2. The molecule has 118 valence electrons. The van der Waals surface area contributed by atoms with E-state index < -0.39 is 0 Å². The smallest absolute Gasteiger partial charge is 0.319 e. The monoisotopic (exact) mass is 307 g/mol. The molecule has 0 aliphatic heterocycles. The van der Waals surface area contributed by atoms with E-state index in [0.29, 0.717) is 11.8 Å². The molecule has 0 spiro atoms. The number of benzene rings is 1. The molecule has 2 aromatic rings. The summed E-state index contributed by atoms with van der Waals surface area (Å²) in [5.74, 6) is 1.99. The number of nitrogens with zero attached hydrogens (tertiary/aromatic N) is 1. The molecule has 2 aliphatic carbocycles. The van der Waals surface area contributed by atoms with Crippen LogP contribution in [0.15, 0.2) is 42.6 Å². The lowest BCUT2D eigenvalue weighted by Gasteiger charge is -2.19. The number of hydrogen-bond donors (Lipinski definition) is 2. The van der Waals surface area contributed by atoms with Crippen molar-refractivity contribution in [2.24, 2.45) is 17.8 Å². The van der Waals surface area contributed by atoms with Crippen LogP contribution in [0.1, 0.15) is 18.4 Å². The van der Waals surface area contributed by atoms with Gasteiger partial charge in [-0.3, -0.25) is 4.98 Å². The molecule has 1 saturated carbocycles. The predicted octanol–water partition coefficient (Wildman–Crippen LogP) is 3.88. The fraction of sp³-hybridized carbons (Fsp3) is 0.368. The van der Waals surface area contributed by atoms with Crippen molar-refractivity contribution in [3.63, 3.8) is 0 Å². The molecule has 4 nitrogen and oxygen atoms in total. The Morgan fingerprint density at radius 3 is 2.96 bits per heavy atom. The maximum absolute atomic E-state index is 12.2. The third-order valence-electron chi connectivity index (χ3n) is 5.16. The van der Waals surface area contributed by atoms with Crippen molar-refractivity contribution in [1.82, 2.24) is 10.3 Å². The minimum atomic E-state index is -0.134. The van der Waals surface area contributed by atoms with Crippen molar-refractivity contribution < 1.29 is 4.79 Å². The van der Waals surface area contributed by atoms with Gasteiger partial charge in [-0.2, -0.15) is 0 Å². The van der Waals surface area contributed by atoms with Crippen LogP contribution in [0, 0.1) is 24.7 Å². The topological polar surface area (TPSA) is 54.0 Å². The number of pyridine rings is 1. The van der Waals surface area contributed by atoms with Crippen LogP contribution in [0.4, 0.5) is 10.5 Å². The number of allylic oxidation sites excluding steroid dienone is 2. The van der Waals surface area contributed by atoms with Gasteiger partial charge >= 0.3 is 6.03 Å². The van der Waals surface area contributed by atoms with Crippen LogP contribution in [0.25, 0.3) is 10.9 Å². The first-order valence-corrected chi connectivity index (χ1v) is 8.28. The van der Waals surface area contributed by atoms with E-state index in [2.05, 4.69) is 27.8 Å². The fourth-order valence-corrected chi connectivity index (χ4v) is 3.94. The molecule has 0 radical (unpaired) electrons. The van der Waals surface area contributed by atoms with E-state index >= 15 is 0 Å². The molecule has 2 amide bonds. The quantitative estimate of drug-likeness (QED) is 0.846. The molecule has 1 heterocycles. The van der Waals surface area contributed by atoms with Crippen LogP contribution in [0.2, 0.25) is 0 Å². The minimum absolute atomic E-state index is 0.134. The van der Waals surface area contributed by atoms with Gasteiger partial charge in [0.1, 0.15) is 0 Å². The van der Waals surface area contributed by atoms with Crippen LogP contribution in [-0.4, -0.2) is 17.6 Å². The van der Waals surface area contributed by atoms with Gasteiger partial charge in [0.15, 0.2) is 0 Å². The number of urea groups is 1. The molecule has 0 saturated heterocycles. The summed E-state index contributed by atoms with van der Waals surface area (Å²) in [6, 6.07) is 7.69. The number of fused-ring (bicyclic) bond motifs is 3. The zero-order chi connectivity index (χ0) is 15.8. The van der Waals surface area contributed by atoms with Crippen molar-refractivity contribution in [3.8, 4) is 0 Å². The zero-order valence-corrected chi connectivity index (χ0v) is 13.3. The maximum Gasteiger partial charge on any atom is 0.319 e. The van der Waals surface area contributed by atoms with Crippen LogP contribution < -0.4 is 10.6 Å². The van der Waals surface area contributed by atoms with Gasteiger partial charge in [-0.05, 0) is 61.3 Å². The van der Waals surface area contributed by atoms with Crippen LogP contribution in [-0.2, 0) is 0 Å². The number of aromatic nitrogens is 1. The largest absolute Gasteiger partial charge is 0.338 e. The Kier molecular flexibility index (Phi) is 3.52. The Morgan fingerprint density at radius 1 is 1.26 bits per heavy atom. The summed E-state index contributed by atoms with van der Waals surface area (Å²) < 4.78 is 0. The molecule has 2 bridgehead atoms. The third-order valence-corrected chi connectivity index (χ3v) is 5.16. The van der Waals surface area contributed by atoms with E-state index in [-0.39, 0.29) is 6.03 Å². The highest BCUT2D eigenvalue weighted by atomic mass is 16.2. The Labute approximate surface area is 136 Å². The molecule has 23 heavy (non-hydrogen) atoms. The molecule has 1 aromatic carbocycles. The van der Waals surface area contributed by atoms with Crippen LogP contribution in [0.3, 0.4) is 0 Å². The standard InChI is InChI=1S/C19H21N3O/c1-12-4-7-17(16-3-2-8-20-18(12)16)22-19(23)21-11-15-10-13-5-6-14(15)9-13/h2-8,13-15H,9-11H2,1H3,(H2,21,22,23)/t13-,14+,15+/m1/s1. The van der Waals surface area contributed by atoms with E-state index in [1.54, 1.807) is 6.20 Å². The van der Waals surface area contributed by atoms with Crippen molar-refractivity contribution in [1.29, 1.82) is 0 Å². The molecule has 4 rings (SSSR count). The second-order valence-corrected chi connectivity index (χ2v) is 6.70. The van der Waals surface area contributed by atoms with E-state index in [0.717, 1.165) is 34.6 Å². The molecule has 0 unspecified atom stereocenters. The zero-order valence-electron chi connectivity index (χ0n) is 13.3. The van der Waals surface area contributed by atoms with Gasteiger partial charge in [0.05, 0.1) is 11.2 Å². The normalized spacial score (nSPS) is 25.0. The summed E-state index contributed by atoms with van der Waals surface area (Å²) >= 11 is 0. The molecule has 2 N–H and O–H groups in total. The van der Waals surface area contributed by atoms with Gasteiger partial charge < -0.3 is 10.6 Å². The lowest BCUT2D eigenvalue weighted by atomic mass is 9.94. The first-order valence-electron chi connectivity index (χ1n) is 8.28. The van der Waals surface area contributed by atoms with E-state index in [9.17, 15) is 4.79 Å². The SMILES string of the molecule is Cc1ccc(NC(=O)NC[C@@H]2C[C@@H]3C=C[C@H]2C3)c2cccnc12. The van der Waals surface area contributed by atoms with Crippen molar-refractivity contribution in [2.75, 3.05) is 11.9 Å². The van der Waals surface area contributed by atoms with Gasteiger partial charge in [0.25, 0.3) is 0 Å². The highest BCUT2D eigenvalue weighted by Gasteiger charge is 2.35. The number of anilines is 1. The number of rotatable bonds is 3. The second kappa shape index (κ2) is 5.69. The van der Waals surface area contributed by atoms with Crippen molar-refractivity contribution in [2.45, 2.75) is 19.8 Å². The van der Waals surface area contributed by atoms with Gasteiger partial charge in [0.2, 0.25) is 0 Å². The van der Waals surface area contributed by atoms with Crippen LogP contribution >= 0.6 is 0 Å². The Balaban J connectivity index is 1.43. The lowest BCUT2D eigenvalue weighted by Crippen LogP contribution is -2.34. The van der Waals surface area contributed by atoms with E-state index in [1.165, 1.54) is 12.8 Å². The highest BCUT2D eigenvalue weighted by molar-refractivity contribution is 6.01. The van der Waals surface area contributed by atoms with Gasteiger partial charge in [-0.25, -0.2) is 4.79 Å². The van der Waals surface area contributed by atoms with Gasteiger partial charge in [-0.1, -0.05) is 18.2 Å². The first-order chi connectivity index (χ1) is 11.2. The molecular weight excluding hydrogens is 286 g/mol. The molecule has 3 atom stereocenters. The minimum Gasteiger partial charge on any atom is -0.338 e. The molecule has 4 heteroatoms. The summed E-state index contributed by atoms with van der Waals surface area (Å²) in [6.07, 6.45) is 8.90. The van der Waals surface area contributed by atoms with Crippen molar-refractivity contribution in [3.05, 3.63) is 48.2 Å². The number of amides is 2. The summed E-state index contributed by atoms with van der Waals surface area (Å²) in [6.45, 7) is 2.78. The average Bonchev–Trinajstić information content (AvgIpc) is 3.19. The van der Waals surface area contributed by atoms with Gasteiger partial charge in [0, 0.05) is 18.1 Å². The summed E-state index contributed by atoms with van der Waals surface area (Å²) in [5.41, 5.74) is 2.85. The number of hydrogen-bond acceptors (Lipinski definition) is 2. The summed E-state index contributed by atoms with van der Waals surface area (Å²) in [4.78, 5) is 16.6. The van der Waals surface area contributed by atoms with Gasteiger partial charge in [-0.15, -0.1) is 0 Å². The number of nitrogens with one attached hydrogen (secondary N) is 2. The fourth-order valence-electron chi connectivity index (χ4n) is 3.94.